The van der Waals surface area contributed by atoms with Gasteiger partial charge in [0.25, 0.3) is 0 Å². The summed E-state index contributed by atoms with van der Waals surface area (Å²) >= 11 is 0. The molecule has 0 bridgehead atoms. The first-order valence-corrected chi connectivity index (χ1v) is 9.32. The van der Waals surface area contributed by atoms with Gasteiger partial charge < -0.3 is 4.74 Å². The van der Waals surface area contributed by atoms with E-state index >= 15 is 0 Å². The lowest BCUT2D eigenvalue weighted by Crippen LogP contribution is -2.22. The zero-order valence-electron chi connectivity index (χ0n) is 12.1. The molecule has 0 N–H and O–H groups in total. The lowest BCUT2D eigenvalue weighted by atomic mass is 10.3. The summed E-state index contributed by atoms with van der Waals surface area (Å²) in [6, 6.07) is 7.19. The Morgan fingerprint density at radius 3 is 3.09 bits per heavy atom. The average Bonchev–Trinajstić information content (AvgIpc) is 2.99. The molecule has 1 aromatic carbocycles. The van der Waals surface area contributed by atoms with Crippen molar-refractivity contribution in [1.82, 2.24) is 15.2 Å². The van der Waals surface area contributed by atoms with Gasteiger partial charge in [-0.1, -0.05) is 33.8 Å². The van der Waals surface area contributed by atoms with Gasteiger partial charge in [-0.15, -0.1) is 5.10 Å². The van der Waals surface area contributed by atoms with Crippen LogP contribution in [0, 0.1) is 0 Å². The number of para-hydroxylation sites is 1. The van der Waals surface area contributed by atoms with Gasteiger partial charge in [0.05, 0.1) is 0 Å². The van der Waals surface area contributed by atoms with Crippen LogP contribution in [0.2, 0.25) is 0 Å². The second-order valence-corrected chi connectivity index (χ2v) is 6.91. The third-order valence-electron chi connectivity index (χ3n) is 2.85. The van der Waals surface area contributed by atoms with Crippen molar-refractivity contribution in [3.05, 3.63) is 35.4 Å². The Kier molecular flexibility index (Phi) is 5.54. The zero-order valence-corrected chi connectivity index (χ0v) is 13.8. The number of carbonyl (C=O) groups is 1. The largest absolute Gasteiger partial charge is 0.535 e. The molecule has 0 atom stereocenters. The van der Waals surface area contributed by atoms with Crippen LogP contribution in [0.4, 0.5) is 4.79 Å². The van der Waals surface area contributed by atoms with Crippen molar-refractivity contribution in [2.75, 3.05) is 12.4 Å². The summed E-state index contributed by atoms with van der Waals surface area (Å²) in [6.45, 7) is 0.250. The van der Waals surface area contributed by atoms with Crippen LogP contribution < -0.4 is 4.84 Å². The van der Waals surface area contributed by atoms with Gasteiger partial charge in [-0.05, 0) is 41.0 Å². The number of nitrogens with zero attached hydrogens (tertiary/aromatic N) is 4. The fraction of sp³-hybridized carbons (Fsp3) is 0.286. The van der Waals surface area contributed by atoms with Gasteiger partial charge in [-0.3, -0.25) is 9.83 Å². The van der Waals surface area contributed by atoms with Gasteiger partial charge in [0.1, 0.15) is 22.7 Å². The number of rotatable bonds is 6. The van der Waals surface area contributed by atoms with Crippen molar-refractivity contribution in [3.63, 3.8) is 0 Å². The maximum Gasteiger partial charge on any atom is 0.535 e. The van der Waals surface area contributed by atoms with E-state index < -0.39 is 6.16 Å². The minimum absolute atomic E-state index is 0.250. The van der Waals surface area contributed by atoms with Crippen molar-refractivity contribution in [3.8, 4) is 0 Å². The van der Waals surface area contributed by atoms with E-state index in [0.717, 1.165) is 22.7 Å². The first-order chi connectivity index (χ1) is 11.3. The lowest BCUT2D eigenvalue weighted by molar-refractivity contribution is 0.0434. The fourth-order valence-electron chi connectivity index (χ4n) is 1.82. The van der Waals surface area contributed by atoms with E-state index in [4.69, 9.17) is 9.57 Å². The molecule has 0 unspecified atom stereocenters. The predicted molar refractivity (Wildman–Crippen MR) is 91.3 cm³/mol. The molecule has 0 aliphatic carbocycles. The molecule has 9 heteroatoms. The molecule has 1 aromatic heterocycles. The molecule has 1 aliphatic heterocycles. The topological polar surface area (TPSA) is 78.6 Å². The first-order valence-electron chi connectivity index (χ1n) is 7.00. The lowest BCUT2D eigenvalue weighted by Gasteiger charge is -2.06. The second kappa shape index (κ2) is 8.02. The van der Waals surface area contributed by atoms with Gasteiger partial charge in [0, 0.05) is 12.0 Å². The summed E-state index contributed by atoms with van der Waals surface area (Å²) in [4.78, 5) is 22.0. The molecular weight excluding hydrogens is 336 g/mol. The maximum absolute atomic E-state index is 11.6. The maximum atomic E-state index is 11.6. The molecular formula is C14H14N4O3S2. The smallest absolute Gasteiger partial charge is 0.432 e. The first kappa shape index (κ1) is 15.9. The van der Waals surface area contributed by atoms with E-state index in [2.05, 4.69) is 21.4 Å². The van der Waals surface area contributed by atoms with Crippen LogP contribution in [0.3, 0.4) is 0 Å². The molecule has 0 radical (unpaired) electrons. The predicted octanol–water partition coefficient (Wildman–Crippen LogP) is 3.08. The average molecular weight is 350 g/mol. The number of aromatic nitrogens is 3. The number of hydrogen-bond donors (Lipinski definition) is 0. The highest BCUT2D eigenvalue weighted by Crippen LogP contribution is 2.32. The third kappa shape index (κ3) is 4.49. The Hall–Kier alpha value is -2.00. The van der Waals surface area contributed by atoms with Crippen LogP contribution in [0.5, 0.6) is 0 Å². The SMILES string of the molecule is O=C(OCCSSC1=CCCC=N1)On1nnc2ccccc21. The van der Waals surface area contributed by atoms with E-state index in [-0.39, 0.29) is 6.61 Å². The van der Waals surface area contributed by atoms with Crippen LogP contribution in [-0.2, 0) is 4.74 Å². The number of allylic oxidation sites excluding steroid dienone is 1. The molecule has 3 rings (SSSR count). The van der Waals surface area contributed by atoms with Gasteiger partial charge in [-0.2, -0.15) is 0 Å². The van der Waals surface area contributed by atoms with Crippen molar-refractivity contribution in [2.45, 2.75) is 12.8 Å². The number of aliphatic imine (C=N–C) groups is 1. The highest BCUT2D eigenvalue weighted by Gasteiger charge is 2.11. The molecule has 1 aliphatic rings. The number of hydrogen-bond acceptors (Lipinski definition) is 8. The van der Waals surface area contributed by atoms with Crippen LogP contribution in [0.25, 0.3) is 11.0 Å². The van der Waals surface area contributed by atoms with Gasteiger partial charge in [0.2, 0.25) is 0 Å². The van der Waals surface area contributed by atoms with Crippen LogP contribution in [0.15, 0.2) is 40.4 Å². The summed E-state index contributed by atoms with van der Waals surface area (Å²) in [5, 5.41) is 8.64. The molecule has 0 spiro atoms. The standard InChI is InChI=1S/C14H14N4O3S2/c19-14(20-9-10-22-23-13-7-3-4-8-15-13)21-18-12-6-2-1-5-11(12)16-17-18/h1-2,5-8H,3-4,9-10H2. The molecule has 0 saturated carbocycles. The van der Waals surface area contributed by atoms with E-state index in [1.54, 1.807) is 33.7 Å². The Labute approximate surface area is 140 Å². The van der Waals surface area contributed by atoms with Crippen molar-refractivity contribution in [1.29, 1.82) is 0 Å². The number of ether oxygens (including phenoxy) is 1. The number of fused-ring (bicyclic) bond motifs is 1. The summed E-state index contributed by atoms with van der Waals surface area (Å²) in [5.41, 5.74) is 1.25. The van der Waals surface area contributed by atoms with E-state index in [1.807, 2.05) is 18.3 Å². The molecule has 120 valence electrons. The molecule has 23 heavy (non-hydrogen) atoms. The normalized spacial score (nSPS) is 13.8. The van der Waals surface area contributed by atoms with E-state index in [9.17, 15) is 4.79 Å². The highest BCUT2D eigenvalue weighted by atomic mass is 33.1. The van der Waals surface area contributed by atoms with Crippen LogP contribution in [0.1, 0.15) is 12.8 Å². The van der Waals surface area contributed by atoms with E-state index in [1.165, 1.54) is 0 Å². The Morgan fingerprint density at radius 1 is 1.30 bits per heavy atom. The zero-order chi connectivity index (χ0) is 15.9. The molecule has 0 saturated heterocycles. The molecule has 7 nitrogen and oxygen atoms in total. The molecule has 2 aromatic rings. The summed E-state index contributed by atoms with van der Waals surface area (Å²) in [7, 11) is 3.16. The van der Waals surface area contributed by atoms with Crippen molar-refractivity contribution >= 4 is 45.0 Å². The van der Waals surface area contributed by atoms with Gasteiger partial charge >= 0.3 is 6.16 Å². The molecule has 2 heterocycles. The highest BCUT2D eigenvalue weighted by molar-refractivity contribution is 8.78. The quantitative estimate of drug-likeness (QED) is 0.343. The minimum Gasteiger partial charge on any atom is -0.432 e. The Bertz CT molecular complexity index is 744. The van der Waals surface area contributed by atoms with Crippen molar-refractivity contribution in [2.24, 2.45) is 4.99 Å². The monoisotopic (exact) mass is 350 g/mol. The minimum atomic E-state index is -0.804. The van der Waals surface area contributed by atoms with Crippen molar-refractivity contribution < 1.29 is 14.4 Å². The summed E-state index contributed by atoms with van der Waals surface area (Å²) in [5.74, 6) is 0.644. The summed E-state index contributed by atoms with van der Waals surface area (Å²) in [6.07, 6.45) is 5.24. The fourth-order valence-corrected chi connectivity index (χ4v) is 3.63. The Morgan fingerprint density at radius 2 is 2.22 bits per heavy atom. The van der Waals surface area contributed by atoms with E-state index in [0.29, 0.717) is 16.8 Å². The van der Waals surface area contributed by atoms with Crippen LogP contribution >= 0.6 is 21.6 Å². The number of carbonyl (C=O) groups excluding carboxylic acids is 1. The third-order valence-corrected chi connectivity index (χ3v) is 5.11. The summed E-state index contributed by atoms with van der Waals surface area (Å²) < 4.78 is 5.01. The van der Waals surface area contributed by atoms with Crippen LogP contribution in [-0.4, -0.2) is 39.9 Å². The molecule has 0 amide bonds. The second-order valence-electron chi connectivity index (χ2n) is 4.48. The molecule has 0 fully saturated rings. The van der Waals surface area contributed by atoms with Gasteiger partial charge in [0.15, 0.2) is 0 Å². The number of benzene rings is 1. The van der Waals surface area contributed by atoms with Gasteiger partial charge in [-0.25, -0.2) is 4.79 Å². The Balaban J connectivity index is 1.38.